The molecule has 14 nitrogen and oxygen atoms in total. The van der Waals surface area contributed by atoms with Crippen LogP contribution in [-0.2, 0) is 34.6 Å². The Morgan fingerprint density at radius 1 is 0.645 bits per heavy atom. The molecular weight excluding hydrogens is 802 g/mol. The van der Waals surface area contributed by atoms with Crippen LogP contribution in [0.1, 0.15) is 65.2 Å². The molecule has 0 fully saturated rings. The summed E-state index contributed by atoms with van der Waals surface area (Å²) in [4.78, 5) is 72.2. The van der Waals surface area contributed by atoms with Gasteiger partial charge in [0.05, 0.1) is 5.69 Å². The summed E-state index contributed by atoms with van der Waals surface area (Å²) in [6, 6.07) is 33.8. The summed E-state index contributed by atoms with van der Waals surface area (Å²) in [5.41, 5.74) is 2.04. The van der Waals surface area contributed by atoms with Gasteiger partial charge in [-0.25, -0.2) is 0 Å². The van der Waals surface area contributed by atoms with Gasteiger partial charge in [-0.3, -0.25) is 14.4 Å². The van der Waals surface area contributed by atoms with Gasteiger partial charge in [-0.05, 0) is 33.1 Å². The Morgan fingerprint density at radius 2 is 1.26 bits per heavy atom. The van der Waals surface area contributed by atoms with Crippen molar-refractivity contribution in [2.75, 3.05) is 64.1 Å². The predicted molar refractivity (Wildman–Crippen MR) is 250 cm³/mol. The number of hydrogen-bond donors (Lipinski definition) is 4. The fraction of sp³-hybridized carbons (Fsp3) is 0.362. The van der Waals surface area contributed by atoms with Crippen molar-refractivity contribution in [2.24, 2.45) is 14.1 Å². The number of carbonyl (C=O) groups is 5. The minimum Gasteiger partial charge on any atom is -0.344 e. The van der Waals surface area contributed by atoms with Crippen LogP contribution in [0.5, 0.6) is 0 Å². The third kappa shape index (κ3) is 13.7. The summed E-state index contributed by atoms with van der Waals surface area (Å²) >= 11 is 0. The molecule has 330 valence electrons. The molecule has 4 N–H and O–H groups in total. The van der Waals surface area contributed by atoms with Gasteiger partial charge in [-0.2, -0.15) is 0 Å². The summed E-state index contributed by atoms with van der Waals surface area (Å²) in [6.45, 7) is 1.85. The zero-order valence-corrected chi connectivity index (χ0v) is 37.7. The van der Waals surface area contributed by atoms with E-state index >= 15 is 0 Å². The molecule has 0 aliphatic carbocycles. The molecule has 0 spiro atoms. The normalized spacial score (nSPS) is 11.5. The van der Waals surface area contributed by atoms with Gasteiger partial charge in [-0.1, -0.05) is 0 Å². The van der Waals surface area contributed by atoms with Crippen LogP contribution in [0.4, 0.5) is 11.5 Å². The van der Waals surface area contributed by atoms with Gasteiger partial charge in [0.15, 0.2) is 0 Å². The standard InChI is InChI=1S/C47H62N9O5P/c1-53(2)29-17-27-48-43(58)26-30-54(3)47(61)40-32-37(33-55(40)4)50-46(60)45-52-41(34-56(45)5)51-44(59)25-28-49-42(57)24-15-16-31-62(38-20-11-7-12-21-38,39-22-13-8-14-23-39)35-36-18-9-6-10-19-36/h6-14,18-23,32-34,62H,15-17,24-31,35H2,1-5H3,(H,48,58)(H,49,57)(H,50,60)(H,51,59). The number of hydrogen-bond acceptors (Lipinski definition) is 7. The van der Waals surface area contributed by atoms with Crippen molar-refractivity contribution >= 4 is 58.9 Å². The first-order valence-electron chi connectivity index (χ1n) is 21.2. The van der Waals surface area contributed by atoms with Gasteiger partial charge in [0.2, 0.25) is 11.7 Å². The Balaban J connectivity index is 1.06. The van der Waals surface area contributed by atoms with E-state index in [4.69, 9.17) is 0 Å². The topological polar surface area (TPSA) is 163 Å². The van der Waals surface area contributed by atoms with Gasteiger partial charge < -0.3 is 29.6 Å². The van der Waals surface area contributed by atoms with Crippen molar-refractivity contribution < 1.29 is 24.0 Å². The molecule has 0 aliphatic heterocycles. The molecule has 5 aromatic rings. The molecule has 2 heterocycles. The van der Waals surface area contributed by atoms with Gasteiger partial charge in [0, 0.05) is 46.9 Å². The number of imidazole rings is 1. The molecule has 0 atom stereocenters. The average Bonchev–Trinajstić information content (AvgIpc) is 3.83. The zero-order valence-electron chi connectivity index (χ0n) is 36.7. The minimum atomic E-state index is -2.23. The summed E-state index contributed by atoms with van der Waals surface area (Å²) in [7, 11) is 6.69. The number of benzene rings is 3. The number of anilines is 2. The van der Waals surface area contributed by atoms with E-state index in [1.54, 1.807) is 38.0 Å². The fourth-order valence-corrected chi connectivity index (χ4v) is 12.5. The quantitative estimate of drug-likeness (QED) is 0.0544. The third-order valence-corrected chi connectivity index (χ3v) is 16.0. The molecule has 5 rings (SSSR count). The number of rotatable bonds is 23. The molecule has 2 aromatic heterocycles. The number of carbonyl (C=O) groups excluding carboxylic acids is 5. The van der Waals surface area contributed by atoms with Gasteiger partial charge in [-0.15, -0.1) is 0 Å². The molecular formula is C47H62N9O5P. The van der Waals surface area contributed by atoms with Gasteiger partial charge >= 0.3 is 208 Å². The average molecular weight is 864 g/mol. The summed E-state index contributed by atoms with van der Waals surface area (Å²) in [6.07, 6.45) is 8.17. The predicted octanol–water partition coefficient (Wildman–Crippen LogP) is 4.76. The zero-order chi connectivity index (χ0) is 44.5. The van der Waals surface area contributed by atoms with E-state index in [1.807, 2.05) is 20.2 Å². The van der Waals surface area contributed by atoms with Crippen LogP contribution in [0, 0.1) is 0 Å². The van der Waals surface area contributed by atoms with Gasteiger partial charge in [0.25, 0.3) is 11.8 Å². The molecule has 0 saturated heterocycles. The molecule has 0 saturated carbocycles. The molecule has 0 radical (unpaired) electrons. The molecule has 0 unspecified atom stereocenters. The molecule has 0 aliphatic rings. The summed E-state index contributed by atoms with van der Waals surface area (Å²) in [5.74, 6) is -1.15. The van der Waals surface area contributed by atoms with E-state index in [-0.39, 0.29) is 61.2 Å². The van der Waals surface area contributed by atoms with Crippen LogP contribution < -0.4 is 31.9 Å². The van der Waals surface area contributed by atoms with E-state index in [0.29, 0.717) is 24.3 Å². The van der Waals surface area contributed by atoms with Crippen LogP contribution in [0.25, 0.3) is 0 Å². The van der Waals surface area contributed by atoms with E-state index in [0.717, 1.165) is 38.1 Å². The van der Waals surface area contributed by atoms with Crippen LogP contribution in [0.3, 0.4) is 0 Å². The Labute approximate surface area is 365 Å². The number of nitrogens with zero attached hydrogens (tertiary/aromatic N) is 5. The molecule has 15 heteroatoms. The van der Waals surface area contributed by atoms with Crippen LogP contribution >= 0.6 is 7.26 Å². The Bertz CT molecular complexity index is 2200. The first kappa shape index (κ1) is 46.9. The Hall–Kier alpha value is -6.11. The minimum absolute atomic E-state index is 0.0374. The Morgan fingerprint density at radius 3 is 1.90 bits per heavy atom. The molecule has 62 heavy (non-hydrogen) atoms. The maximum absolute atomic E-state index is 13.2. The molecule has 3 aromatic carbocycles. The second-order valence-corrected chi connectivity index (χ2v) is 20.2. The number of unbranched alkanes of at least 4 members (excludes halogenated alkanes) is 1. The van der Waals surface area contributed by atoms with Crippen LogP contribution in [0.15, 0.2) is 109 Å². The van der Waals surface area contributed by atoms with E-state index in [1.165, 1.54) is 31.8 Å². The van der Waals surface area contributed by atoms with E-state index in [9.17, 15) is 24.0 Å². The van der Waals surface area contributed by atoms with Crippen molar-refractivity contribution in [2.45, 2.75) is 44.7 Å². The second-order valence-electron chi connectivity index (χ2n) is 16.1. The number of nitrogens with one attached hydrogen (secondary N) is 4. The van der Waals surface area contributed by atoms with Gasteiger partial charge in [0.1, 0.15) is 5.69 Å². The molecule has 5 amide bonds. The Kier molecular flexibility index (Phi) is 17.6. The van der Waals surface area contributed by atoms with E-state index < -0.39 is 13.2 Å². The molecule has 0 bridgehead atoms. The maximum atomic E-state index is 13.2. The van der Waals surface area contributed by atoms with Crippen molar-refractivity contribution in [3.05, 3.63) is 127 Å². The van der Waals surface area contributed by atoms with Crippen molar-refractivity contribution in [3.63, 3.8) is 0 Å². The summed E-state index contributed by atoms with van der Waals surface area (Å²) in [5, 5.41) is 14.0. The third-order valence-electron chi connectivity index (χ3n) is 10.9. The van der Waals surface area contributed by atoms with Crippen LogP contribution in [-0.4, -0.2) is 107 Å². The smallest absolute Gasteiger partial charge is 0.344 e. The summed E-state index contributed by atoms with van der Waals surface area (Å²) < 4.78 is 3.10. The SMILES string of the molecule is CN(C)CCCNC(=O)CCN(C)C(=O)c1cc(NC(=O)c2nc(NC(=O)CCNC(=O)CCCC[PH](Cc3ccccc3)(c3ccccc3)c3ccccc3)cn2C)cn1C. The number of amides is 5. The monoisotopic (exact) mass is 863 g/mol. The number of aromatic nitrogens is 3. The number of aryl methyl sites for hydroxylation is 2. The van der Waals surface area contributed by atoms with Crippen molar-refractivity contribution in [1.82, 2.24) is 34.6 Å². The van der Waals surface area contributed by atoms with Crippen molar-refractivity contribution in [3.8, 4) is 0 Å². The van der Waals surface area contributed by atoms with Crippen LogP contribution in [0.2, 0.25) is 0 Å². The first-order valence-corrected chi connectivity index (χ1v) is 23.7. The fourth-order valence-electron chi connectivity index (χ4n) is 7.58. The second kappa shape index (κ2) is 23.2. The van der Waals surface area contributed by atoms with E-state index in [2.05, 4.69) is 116 Å². The first-order chi connectivity index (χ1) is 29.8. The van der Waals surface area contributed by atoms with Crippen molar-refractivity contribution in [1.29, 1.82) is 0 Å².